The Morgan fingerprint density at radius 1 is 1.56 bits per heavy atom. The molecule has 0 spiro atoms. The summed E-state index contributed by atoms with van der Waals surface area (Å²) >= 11 is 1.53. The number of hydrogen-bond acceptors (Lipinski definition) is 4. The fourth-order valence-electron chi connectivity index (χ4n) is 1.63. The van der Waals surface area contributed by atoms with Crippen molar-refractivity contribution in [2.24, 2.45) is 0 Å². The maximum atomic E-state index is 10.6. The molecule has 0 saturated carbocycles. The molecule has 0 saturated heterocycles. The maximum Gasteiger partial charge on any atom is 0.308 e. The van der Waals surface area contributed by atoms with Gasteiger partial charge < -0.3 is 10.4 Å². The lowest BCUT2D eigenvalue weighted by atomic mass is 10.2. The molecule has 0 aliphatic rings. The van der Waals surface area contributed by atoms with Crippen LogP contribution >= 0.6 is 11.3 Å². The molecule has 0 aliphatic heterocycles. The lowest BCUT2D eigenvalue weighted by molar-refractivity contribution is -0.136. The predicted octanol–water partition coefficient (Wildman–Crippen LogP) is 1.95. The van der Waals surface area contributed by atoms with E-state index < -0.39 is 5.97 Å². The van der Waals surface area contributed by atoms with E-state index in [0.29, 0.717) is 0 Å². The molecule has 96 valence electrons. The first-order valence-corrected chi connectivity index (χ1v) is 6.48. The van der Waals surface area contributed by atoms with Crippen molar-refractivity contribution >= 4 is 17.3 Å². The number of aliphatic carboxylic acids is 1. The van der Waals surface area contributed by atoms with Crippen molar-refractivity contribution in [2.75, 3.05) is 0 Å². The van der Waals surface area contributed by atoms with Crippen LogP contribution < -0.4 is 5.32 Å². The van der Waals surface area contributed by atoms with Crippen molar-refractivity contribution in [3.63, 3.8) is 0 Å². The summed E-state index contributed by atoms with van der Waals surface area (Å²) in [4.78, 5) is 12.6. The average Bonchev–Trinajstić information content (AvgIpc) is 2.95. The number of carboxylic acids is 1. The van der Waals surface area contributed by atoms with Crippen LogP contribution in [-0.2, 0) is 17.8 Å². The predicted molar refractivity (Wildman–Crippen MR) is 69.5 cm³/mol. The number of aromatic amines is 1. The Morgan fingerprint density at radius 3 is 3.00 bits per heavy atom. The summed E-state index contributed by atoms with van der Waals surface area (Å²) in [6.07, 6.45) is 3.76. The molecule has 0 amide bonds. The van der Waals surface area contributed by atoms with E-state index in [1.54, 1.807) is 6.20 Å². The van der Waals surface area contributed by atoms with Crippen molar-refractivity contribution in [1.29, 1.82) is 0 Å². The molecular formula is C12H15N3O2S. The first-order chi connectivity index (χ1) is 8.65. The Bertz CT molecular complexity index is 507. The summed E-state index contributed by atoms with van der Waals surface area (Å²) in [7, 11) is 0. The zero-order chi connectivity index (χ0) is 13.0. The molecule has 1 unspecified atom stereocenters. The van der Waals surface area contributed by atoms with E-state index >= 15 is 0 Å². The molecule has 5 nitrogen and oxygen atoms in total. The summed E-state index contributed by atoms with van der Waals surface area (Å²) < 4.78 is 0. The lowest BCUT2D eigenvalue weighted by Crippen LogP contribution is -2.16. The van der Waals surface area contributed by atoms with Gasteiger partial charge in [-0.25, -0.2) is 0 Å². The number of hydrogen-bond donors (Lipinski definition) is 3. The van der Waals surface area contributed by atoms with E-state index in [1.165, 1.54) is 11.3 Å². The average molecular weight is 265 g/mol. The molecule has 0 fully saturated rings. The van der Waals surface area contributed by atoms with Crippen LogP contribution in [0.3, 0.4) is 0 Å². The van der Waals surface area contributed by atoms with E-state index in [2.05, 4.69) is 22.4 Å². The topological polar surface area (TPSA) is 78.0 Å². The monoisotopic (exact) mass is 265 g/mol. The van der Waals surface area contributed by atoms with Crippen molar-refractivity contribution in [2.45, 2.75) is 25.9 Å². The van der Waals surface area contributed by atoms with Crippen LogP contribution in [0.15, 0.2) is 24.5 Å². The van der Waals surface area contributed by atoms with E-state index in [0.717, 1.165) is 21.9 Å². The van der Waals surface area contributed by atoms with Crippen LogP contribution in [0, 0.1) is 0 Å². The molecule has 0 radical (unpaired) electrons. The van der Waals surface area contributed by atoms with Gasteiger partial charge in [0.2, 0.25) is 0 Å². The van der Waals surface area contributed by atoms with Gasteiger partial charge in [-0.15, -0.1) is 11.3 Å². The smallest absolute Gasteiger partial charge is 0.308 e. The van der Waals surface area contributed by atoms with E-state index in [-0.39, 0.29) is 12.5 Å². The molecule has 2 heterocycles. The molecule has 2 aromatic heterocycles. The van der Waals surface area contributed by atoms with Crippen LogP contribution in [0.4, 0.5) is 0 Å². The van der Waals surface area contributed by atoms with Gasteiger partial charge in [-0.05, 0) is 19.1 Å². The van der Waals surface area contributed by atoms with Gasteiger partial charge in [-0.2, -0.15) is 5.10 Å². The second-order valence-corrected chi connectivity index (χ2v) is 5.33. The summed E-state index contributed by atoms with van der Waals surface area (Å²) in [5.41, 5.74) is 1.11. The Labute approximate surface area is 109 Å². The third-order valence-corrected chi connectivity index (χ3v) is 3.73. The van der Waals surface area contributed by atoms with Gasteiger partial charge in [0.05, 0.1) is 12.6 Å². The molecule has 0 aromatic carbocycles. The van der Waals surface area contributed by atoms with Crippen molar-refractivity contribution < 1.29 is 9.90 Å². The minimum absolute atomic E-state index is 0.0992. The lowest BCUT2D eigenvalue weighted by Gasteiger charge is -2.10. The van der Waals surface area contributed by atoms with Crippen LogP contribution in [0.25, 0.3) is 0 Å². The highest BCUT2D eigenvalue weighted by atomic mass is 32.1. The van der Waals surface area contributed by atoms with Crippen LogP contribution in [0.2, 0.25) is 0 Å². The third-order valence-electron chi connectivity index (χ3n) is 2.64. The first kappa shape index (κ1) is 12.8. The minimum Gasteiger partial charge on any atom is -0.481 e. The van der Waals surface area contributed by atoms with Gasteiger partial charge in [0, 0.05) is 34.1 Å². The summed E-state index contributed by atoms with van der Waals surface area (Å²) in [6.45, 7) is 2.80. The zero-order valence-electron chi connectivity index (χ0n) is 10.0. The van der Waals surface area contributed by atoms with Crippen LogP contribution in [0.1, 0.15) is 28.3 Å². The van der Waals surface area contributed by atoms with Crippen LogP contribution in [-0.4, -0.2) is 21.3 Å². The molecule has 18 heavy (non-hydrogen) atoms. The SMILES string of the molecule is CC(NCc1ccc(CC(=O)O)s1)c1cn[nH]c1. The number of rotatable bonds is 6. The number of thiophene rings is 1. The molecule has 1 atom stereocenters. The van der Waals surface area contributed by atoms with E-state index in [9.17, 15) is 4.79 Å². The van der Waals surface area contributed by atoms with Gasteiger partial charge in [0.15, 0.2) is 0 Å². The highest BCUT2D eigenvalue weighted by molar-refractivity contribution is 7.12. The van der Waals surface area contributed by atoms with Crippen molar-refractivity contribution in [3.8, 4) is 0 Å². The molecule has 0 bridgehead atoms. The standard InChI is InChI=1S/C12H15N3O2S/c1-8(9-5-14-15-6-9)13-7-11-3-2-10(18-11)4-12(16)17/h2-3,5-6,8,13H,4,7H2,1H3,(H,14,15)(H,16,17). The molecule has 3 N–H and O–H groups in total. The van der Waals surface area contributed by atoms with E-state index in [4.69, 9.17) is 5.11 Å². The normalized spacial score (nSPS) is 12.5. The highest BCUT2D eigenvalue weighted by Crippen LogP contribution is 2.18. The second kappa shape index (κ2) is 5.79. The highest BCUT2D eigenvalue weighted by Gasteiger charge is 2.08. The van der Waals surface area contributed by atoms with E-state index in [1.807, 2.05) is 18.3 Å². The number of H-pyrrole nitrogens is 1. The molecule has 2 rings (SSSR count). The maximum absolute atomic E-state index is 10.6. The Hall–Kier alpha value is -1.66. The Kier molecular flexibility index (Phi) is 4.11. The van der Waals surface area contributed by atoms with Gasteiger partial charge in [-0.1, -0.05) is 0 Å². The molecule has 0 aliphatic carbocycles. The zero-order valence-corrected chi connectivity index (χ0v) is 10.8. The number of aromatic nitrogens is 2. The Balaban J connectivity index is 1.86. The van der Waals surface area contributed by atoms with Gasteiger partial charge in [-0.3, -0.25) is 9.89 Å². The molecular weight excluding hydrogens is 250 g/mol. The fourth-order valence-corrected chi connectivity index (χ4v) is 2.59. The summed E-state index contributed by atoms with van der Waals surface area (Å²) in [5, 5.41) is 18.8. The van der Waals surface area contributed by atoms with Crippen molar-refractivity contribution in [3.05, 3.63) is 39.8 Å². The molecule has 6 heteroatoms. The van der Waals surface area contributed by atoms with Crippen LogP contribution in [0.5, 0.6) is 0 Å². The first-order valence-electron chi connectivity index (χ1n) is 5.66. The number of nitrogens with one attached hydrogen (secondary N) is 2. The third kappa shape index (κ3) is 3.41. The molecule has 2 aromatic rings. The number of nitrogens with zero attached hydrogens (tertiary/aromatic N) is 1. The largest absolute Gasteiger partial charge is 0.481 e. The number of carboxylic acid groups (broad SMARTS) is 1. The Morgan fingerprint density at radius 2 is 2.33 bits per heavy atom. The summed E-state index contributed by atoms with van der Waals surface area (Å²) in [6, 6.07) is 4.06. The van der Waals surface area contributed by atoms with Gasteiger partial charge in [0.1, 0.15) is 0 Å². The fraction of sp³-hybridized carbons (Fsp3) is 0.333. The summed E-state index contributed by atoms with van der Waals surface area (Å²) in [5.74, 6) is -0.789. The van der Waals surface area contributed by atoms with Gasteiger partial charge in [0.25, 0.3) is 0 Å². The second-order valence-electron chi connectivity index (χ2n) is 4.07. The van der Waals surface area contributed by atoms with Crippen molar-refractivity contribution in [1.82, 2.24) is 15.5 Å². The number of carbonyl (C=O) groups is 1. The minimum atomic E-state index is -0.789. The quantitative estimate of drug-likeness (QED) is 0.746. The van der Waals surface area contributed by atoms with Gasteiger partial charge >= 0.3 is 5.97 Å².